The largest absolute Gasteiger partial charge is 0.491 e. The summed E-state index contributed by atoms with van der Waals surface area (Å²) >= 11 is 0. The van der Waals surface area contributed by atoms with Crippen molar-refractivity contribution in [1.29, 1.82) is 0 Å². The molecule has 0 atom stereocenters. The molecule has 4 nitrogen and oxygen atoms in total. The normalized spacial score (nSPS) is 10.8. The minimum absolute atomic E-state index is 0.208. The Morgan fingerprint density at radius 2 is 2.11 bits per heavy atom. The lowest BCUT2D eigenvalue weighted by Crippen LogP contribution is -2.12. The summed E-state index contributed by atoms with van der Waals surface area (Å²) in [4.78, 5) is 0. The fourth-order valence-electron chi connectivity index (χ4n) is 1.73. The van der Waals surface area contributed by atoms with Gasteiger partial charge in [0.1, 0.15) is 5.75 Å². The maximum absolute atomic E-state index is 5.66. The lowest BCUT2D eigenvalue weighted by atomic mass is 10.2. The van der Waals surface area contributed by atoms with Crippen LogP contribution >= 0.6 is 0 Å². The molecule has 0 fully saturated rings. The number of aromatic nitrogens is 2. The second-order valence-electron chi connectivity index (χ2n) is 4.52. The molecule has 1 aromatic heterocycles. The summed E-state index contributed by atoms with van der Waals surface area (Å²) in [6, 6.07) is 8.17. The molecule has 0 bridgehead atoms. The number of aromatic amines is 1. The maximum atomic E-state index is 5.66. The molecule has 4 heteroatoms. The fourth-order valence-corrected chi connectivity index (χ4v) is 1.73. The summed E-state index contributed by atoms with van der Waals surface area (Å²) in [5, 5.41) is 10.1. The van der Waals surface area contributed by atoms with E-state index in [2.05, 4.69) is 27.6 Å². The van der Waals surface area contributed by atoms with E-state index in [4.69, 9.17) is 4.74 Å². The van der Waals surface area contributed by atoms with Gasteiger partial charge in [0.25, 0.3) is 0 Å². The quantitative estimate of drug-likeness (QED) is 0.822. The molecular weight excluding hydrogens is 226 g/mol. The summed E-state index contributed by atoms with van der Waals surface area (Å²) in [5.41, 5.74) is 2.38. The van der Waals surface area contributed by atoms with Crippen molar-refractivity contribution < 1.29 is 4.74 Å². The second kappa shape index (κ2) is 6.21. The molecule has 0 radical (unpaired) electrons. The SMILES string of the molecule is CC(C)Oc1cccc(CNCc2cn[nH]c2)c1. The first-order valence-corrected chi connectivity index (χ1v) is 6.18. The number of H-pyrrole nitrogens is 1. The second-order valence-corrected chi connectivity index (χ2v) is 4.52. The van der Waals surface area contributed by atoms with Crippen molar-refractivity contribution in [1.82, 2.24) is 15.5 Å². The maximum Gasteiger partial charge on any atom is 0.120 e. The Hall–Kier alpha value is -1.81. The van der Waals surface area contributed by atoms with Crippen LogP contribution in [0.4, 0.5) is 0 Å². The molecule has 18 heavy (non-hydrogen) atoms. The van der Waals surface area contributed by atoms with E-state index in [9.17, 15) is 0 Å². The van der Waals surface area contributed by atoms with Gasteiger partial charge in [0.15, 0.2) is 0 Å². The molecule has 96 valence electrons. The number of ether oxygens (including phenoxy) is 1. The van der Waals surface area contributed by atoms with Gasteiger partial charge in [-0.05, 0) is 31.5 Å². The zero-order valence-corrected chi connectivity index (χ0v) is 10.8. The lowest BCUT2D eigenvalue weighted by molar-refractivity contribution is 0.242. The first kappa shape index (κ1) is 12.6. The molecule has 0 aliphatic carbocycles. The van der Waals surface area contributed by atoms with E-state index in [1.165, 1.54) is 5.56 Å². The van der Waals surface area contributed by atoms with Crippen LogP contribution in [0.25, 0.3) is 0 Å². The monoisotopic (exact) mass is 245 g/mol. The Labute approximate surface area is 107 Å². The highest BCUT2D eigenvalue weighted by atomic mass is 16.5. The average molecular weight is 245 g/mol. The summed E-state index contributed by atoms with van der Waals surface area (Å²) in [5.74, 6) is 0.924. The van der Waals surface area contributed by atoms with Crippen molar-refractivity contribution in [3.63, 3.8) is 0 Å². The average Bonchev–Trinajstić information content (AvgIpc) is 2.82. The molecule has 2 aromatic rings. The van der Waals surface area contributed by atoms with Gasteiger partial charge < -0.3 is 10.1 Å². The fraction of sp³-hybridized carbons (Fsp3) is 0.357. The van der Waals surface area contributed by atoms with Crippen LogP contribution in [-0.2, 0) is 13.1 Å². The first-order chi connectivity index (χ1) is 8.74. The van der Waals surface area contributed by atoms with Gasteiger partial charge in [0.2, 0.25) is 0 Å². The van der Waals surface area contributed by atoms with E-state index >= 15 is 0 Å². The van der Waals surface area contributed by atoms with Gasteiger partial charge >= 0.3 is 0 Å². The van der Waals surface area contributed by atoms with E-state index in [0.717, 1.165) is 24.4 Å². The number of hydrogen-bond acceptors (Lipinski definition) is 3. The molecule has 0 spiro atoms. The van der Waals surface area contributed by atoms with Gasteiger partial charge in [0, 0.05) is 24.8 Å². The van der Waals surface area contributed by atoms with E-state index in [0.29, 0.717) is 0 Å². The minimum Gasteiger partial charge on any atom is -0.491 e. The third-order valence-corrected chi connectivity index (χ3v) is 2.48. The molecule has 0 aliphatic rings. The third-order valence-electron chi connectivity index (χ3n) is 2.48. The van der Waals surface area contributed by atoms with Crippen LogP contribution in [0.5, 0.6) is 5.75 Å². The molecule has 0 aliphatic heterocycles. The summed E-state index contributed by atoms with van der Waals surface area (Å²) in [6.07, 6.45) is 3.93. The van der Waals surface area contributed by atoms with Crippen LogP contribution in [0.2, 0.25) is 0 Å². The molecule has 0 saturated carbocycles. The zero-order valence-electron chi connectivity index (χ0n) is 10.8. The summed E-state index contributed by atoms with van der Waals surface area (Å²) < 4.78 is 5.66. The van der Waals surface area contributed by atoms with Crippen LogP contribution in [0.1, 0.15) is 25.0 Å². The van der Waals surface area contributed by atoms with E-state index < -0.39 is 0 Å². The molecule has 0 unspecified atom stereocenters. The molecule has 1 aromatic carbocycles. The Kier molecular flexibility index (Phi) is 4.36. The van der Waals surface area contributed by atoms with Gasteiger partial charge in [-0.1, -0.05) is 12.1 Å². The van der Waals surface area contributed by atoms with Crippen molar-refractivity contribution in [2.24, 2.45) is 0 Å². The van der Waals surface area contributed by atoms with Gasteiger partial charge in [0.05, 0.1) is 12.3 Å². The molecule has 0 saturated heterocycles. The summed E-state index contributed by atoms with van der Waals surface area (Å²) in [7, 11) is 0. The molecule has 2 rings (SSSR count). The van der Waals surface area contributed by atoms with Gasteiger partial charge in [-0.15, -0.1) is 0 Å². The minimum atomic E-state index is 0.208. The number of benzene rings is 1. The highest BCUT2D eigenvalue weighted by Gasteiger charge is 2.00. The van der Waals surface area contributed by atoms with Crippen molar-refractivity contribution in [2.45, 2.75) is 33.0 Å². The lowest BCUT2D eigenvalue weighted by Gasteiger charge is -2.11. The van der Waals surface area contributed by atoms with Crippen LogP contribution in [0.3, 0.4) is 0 Å². The number of hydrogen-bond donors (Lipinski definition) is 2. The predicted molar refractivity (Wildman–Crippen MR) is 71.3 cm³/mol. The highest BCUT2D eigenvalue weighted by molar-refractivity contribution is 5.28. The zero-order chi connectivity index (χ0) is 12.8. The van der Waals surface area contributed by atoms with Crippen LogP contribution in [-0.4, -0.2) is 16.3 Å². The molecular formula is C14H19N3O. The first-order valence-electron chi connectivity index (χ1n) is 6.18. The van der Waals surface area contributed by atoms with Crippen LogP contribution in [0, 0.1) is 0 Å². The Morgan fingerprint density at radius 1 is 1.28 bits per heavy atom. The van der Waals surface area contributed by atoms with Crippen LogP contribution < -0.4 is 10.1 Å². The summed E-state index contributed by atoms with van der Waals surface area (Å²) in [6.45, 7) is 5.69. The molecule has 1 heterocycles. The standard InChI is InChI=1S/C14H19N3O/c1-11(2)18-14-5-3-4-12(6-14)7-15-8-13-9-16-17-10-13/h3-6,9-11,15H,7-8H2,1-2H3,(H,16,17). The van der Waals surface area contributed by atoms with E-state index in [-0.39, 0.29) is 6.10 Å². The Balaban J connectivity index is 1.85. The van der Waals surface area contributed by atoms with Crippen molar-refractivity contribution in [3.8, 4) is 5.75 Å². The van der Waals surface area contributed by atoms with Crippen molar-refractivity contribution in [3.05, 3.63) is 47.8 Å². The third kappa shape index (κ3) is 3.89. The number of nitrogens with zero attached hydrogens (tertiary/aromatic N) is 1. The topological polar surface area (TPSA) is 49.9 Å². The molecule has 2 N–H and O–H groups in total. The van der Waals surface area contributed by atoms with Gasteiger partial charge in [-0.3, -0.25) is 5.10 Å². The Morgan fingerprint density at radius 3 is 2.83 bits per heavy atom. The Bertz CT molecular complexity index is 466. The number of nitrogens with one attached hydrogen (secondary N) is 2. The van der Waals surface area contributed by atoms with Crippen molar-refractivity contribution >= 4 is 0 Å². The van der Waals surface area contributed by atoms with E-state index in [1.807, 2.05) is 38.4 Å². The van der Waals surface area contributed by atoms with Crippen molar-refractivity contribution in [2.75, 3.05) is 0 Å². The highest BCUT2D eigenvalue weighted by Crippen LogP contribution is 2.14. The number of rotatable bonds is 6. The van der Waals surface area contributed by atoms with Gasteiger partial charge in [-0.2, -0.15) is 5.10 Å². The predicted octanol–water partition coefficient (Wildman–Crippen LogP) is 2.49. The van der Waals surface area contributed by atoms with E-state index in [1.54, 1.807) is 0 Å². The smallest absolute Gasteiger partial charge is 0.120 e. The van der Waals surface area contributed by atoms with Gasteiger partial charge in [-0.25, -0.2) is 0 Å². The van der Waals surface area contributed by atoms with Crippen LogP contribution in [0.15, 0.2) is 36.7 Å². The molecule has 0 amide bonds.